The number of aliphatic hydroxyl groups is 2. The van der Waals surface area contributed by atoms with Gasteiger partial charge in [-0.05, 0) is 87.5 Å². The molecule has 248 valence electrons. The molecule has 1 saturated heterocycles. The van der Waals surface area contributed by atoms with E-state index in [1.54, 1.807) is 19.1 Å². The van der Waals surface area contributed by atoms with Crippen molar-refractivity contribution >= 4 is 11.9 Å². The van der Waals surface area contributed by atoms with Crippen LogP contribution in [0.5, 0.6) is 0 Å². The van der Waals surface area contributed by atoms with Crippen LogP contribution in [0.4, 0.5) is 0 Å². The van der Waals surface area contributed by atoms with Crippen LogP contribution >= 0.6 is 0 Å². The SMILES string of the molecule is CC(=O)O[C@H]1CC(C)(C)C(=C=C\C(C)=C/C=C\C=C\C=C(C)\C=C2C=C(/C=C/[C@@]34O[C@]3(C)C[C@@H](O)CC4(C)C)C(=O)O\2)[C@](C)(O)C1. The summed E-state index contributed by atoms with van der Waals surface area (Å²) >= 11 is 0. The van der Waals surface area contributed by atoms with Crippen molar-refractivity contribution in [1.29, 1.82) is 0 Å². The largest absolute Gasteiger partial charge is 0.462 e. The second kappa shape index (κ2) is 13.0. The van der Waals surface area contributed by atoms with Crippen molar-refractivity contribution in [2.45, 2.75) is 117 Å². The first kappa shape index (κ1) is 35.4. The summed E-state index contributed by atoms with van der Waals surface area (Å²) in [6.45, 7) is 17.3. The van der Waals surface area contributed by atoms with E-state index in [0.29, 0.717) is 37.0 Å². The van der Waals surface area contributed by atoms with Gasteiger partial charge in [0.05, 0.1) is 17.3 Å². The minimum absolute atomic E-state index is 0.256. The molecule has 2 aliphatic heterocycles. The van der Waals surface area contributed by atoms with E-state index in [0.717, 1.165) is 16.7 Å². The minimum atomic E-state index is -1.12. The Morgan fingerprint density at radius 1 is 0.957 bits per heavy atom. The number of hydrogen-bond donors (Lipinski definition) is 2. The van der Waals surface area contributed by atoms with Crippen molar-refractivity contribution in [1.82, 2.24) is 0 Å². The lowest BCUT2D eigenvalue weighted by Crippen LogP contribution is -2.46. The first-order chi connectivity index (χ1) is 21.3. The molecule has 0 aromatic heterocycles. The summed E-state index contributed by atoms with van der Waals surface area (Å²) in [6, 6.07) is 0. The van der Waals surface area contributed by atoms with E-state index in [9.17, 15) is 19.8 Å². The molecule has 0 unspecified atom stereocenters. The number of ether oxygens (including phenoxy) is 3. The van der Waals surface area contributed by atoms with Gasteiger partial charge in [-0.3, -0.25) is 4.79 Å². The number of aliphatic hydroxyl groups excluding tert-OH is 1. The van der Waals surface area contributed by atoms with E-state index < -0.39 is 22.8 Å². The van der Waals surface area contributed by atoms with Gasteiger partial charge in [0.1, 0.15) is 23.1 Å². The smallest absolute Gasteiger partial charge is 0.343 e. The number of allylic oxidation sites excluding steroid dienone is 10. The number of rotatable bonds is 8. The van der Waals surface area contributed by atoms with Crippen LogP contribution in [0.3, 0.4) is 0 Å². The van der Waals surface area contributed by atoms with Crippen LogP contribution in [0.25, 0.3) is 0 Å². The molecule has 2 aliphatic carbocycles. The number of carbonyl (C=O) groups is 2. The monoisotopic (exact) mass is 630 g/mol. The quantitative estimate of drug-likeness (QED) is 0.126. The maximum atomic E-state index is 12.5. The molecule has 0 aromatic rings. The van der Waals surface area contributed by atoms with Gasteiger partial charge in [-0.25, -0.2) is 4.79 Å². The average Bonchev–Trinajstić information content (AvgIpc) is 3.36. The van der Waals surface area contributed by atoms with Crippen LogP contribution in [-0.2, 0) is 23.8 Å². The highest BCUT2D eigenvalue weighted by atomic mass is 16.6. The van der Waals surface area contributed by atoms with Gasteiger partial charge in [0.2, 0.25) is 0 Å². The first-order valence-corrected chi connectivity index (χ1v) is 16.1. The highest BCUT2D eigenvalue weighted by Gasteiger charge is 2.74. The predicted octanol–water partition coefficient (Wildman–Crippen LogP) is 7.21. The first-order valence-electron chi connectivity index (χ1n) is 16.1. The average molecular weight is 631 g/mol. The molecule has 4 aliphatic rings. The molecule has 46 heavy (non-hydrogen) atoms. The van der Waals surface area contributed by atoms with Gasteiger partial charge in [-0.15, -0.1) is 5.73 Å². The van der Waals surface area contributed by atoms with Gasteiger partial charge in [-0.1, -0.05) is 64.2 Å². The Morgan fingerprint density at radius 3 is 2.22 bits per heavy atom. The lowest BCUT2D eigenvalue weighted by molar-refractivity contribution is -0.152. The van der Waals surface area contributed by atoms with E-state index in [1.807, 2.05) is 89.3 Å². The third-order valence-electron chi connectivity index (χ3n) is 9.53. The summed E-state index contributed by atoms with van der Waals surface area (Å²) in [5.74, 6) is -0.242. The lowest BCUT2D eigenvalue weighted by atomic mass is 9.63. The van der Waals surface area contributed by atoms with Crippen molar-refractivity contribution < 1.29 is 34.0 Å². The molecule has 0 aromatic carbocycles. The number of esters is 2. The Bertz CT molecular complexity index is 1510. The molecular weight excluding hydrogens is 580 g/mol. The molecule has 0 spiro atoms. The molecule has 4 rings (SSSR count). The Hall–Kier alpha value is -3.48. The summed E-state index contributed by atoms with van der Waals surface area (Å²) in [6.07, 6.45) is 22.3. The molecule has 0 amide bonds. The number of fused-ring (bicyclic) bond motifs is 1. The third kappa shape index (κ3) is 7.72. The van der Waals surface area contributed by atoms with Crippen molar-refractivity contribution in [2.75, 3.05) is 0 Å². The molecule has 3 fully saturated rings. The highest BCUT2D eigenvalue weighted by molar-refractivity contribution is 5.95. The third-order valence-corrected chi connectivity index (χ3v) is 9.53. The van der Waals surface area contributed by atoms with E-state index in [2.05, 4.69) is 19.6 Å². The molecule has 7 nitrogen and oxygen atoms in total. The van der Waals surface area contributed by atoms with Gasteiger partial charge in [-0.2, -0.15) is 0 Å². The fourth-order valence-corrected chi connectivity index (χ4v) is 7.61. The Kier molecular flexibility index (Phi) is 9.97. The Morgan fingerprint density at radius 2 is 1.61 bits per heavy atom. The zero-order valence-electron chi connectivity index (χ0n) is 28.8. The van der Waals surface area contributed by atoms with Crippen molar-refractivity contribution in [3.63, 3.8) is 0 Å². The molecule has 0 radical (unpaired) electrons. The molecule has 5 atom stereocenters. The molecular formula is C39H50O7. The van der Waals surface area contributed by atoms with Gasteiger partial charge >= 0.3 is 11.9 Å². The molecule has 2 saturated carbocycles. The standard InChI is InChI=1S/C39H50O7/c1-26(16-17-33-35(4,5)24-32(44-28(3)40)25-37(33,8)43)14-12-10-11-13-15-27(2)20-31-21-29(34(42)45-31)18-19-39-36(6,7)22-30(41)23-38(39,9)46-39/h10-16,18-21,30,32,41,43H,22-25H2,1-9H3/b12-10-,13-11+,19-18+,26-14-,27-15+,31-20-/t17?,30-,32-,37+,38+,39-/m0/s1. The van der Waals surface area contributed by atoms with Crippen molar-refractivity contribution in [3.8, 4) is 0 Å². The fourth-order valence-electron chi connectivity index (χ4n) is 7.61. The van der Waals surface area contributed by atoms with Crippen LogP contribution in [-0.4, -0.2) is 51.2 Å². The number of hydrogen-bond acceptors (Lipinski definition) is 7. The maximum Gasteiger partial charge on any atom is 0.343 e. The number of cyclic esters (lactones) is 1. The summed E-state index contributed by atoms with van der Waals surface area (Å²) in [5.41, 5.74) is 3.82. The van der Waals surface area contributed by atoms with Crippen LogP contribution in [0.15, 0.2) is 101 Å². The van der Waals surface area contributed by atoms with Gasteiger partial charge in [0, 0.05) is 30.8 Å². The summed E-state index contributed by atoms with van der Waals surface area (Å²) < 4.78 is 17.1. The Balaban J connectivity index is 1.35. The normalized spacial score (nSPS) is 34.9. The predicted molar refractivity (Wildman–Crippen MR) is 179 cm³/mol. The van der Waals surface area contributed by atoms with Gasteiger partial charge in [0.25, 0.3) is 0 Å². The fraction of sp³-hybridized carbons (Fsp3) is 0.513. The summed E-state index contributed by atoms with van der Waals surface area (Å²) in [4.78, 5) is 24.0. The number of carbonyl (C=O) groups excluding carboxylic acids is 2. The topological polar surface area (TPSA) is 106 Å². The van der Waals surface area contributed by atoms with Gasteiger partial charge in [0.15, 0.2) is 0 Å². The summed E-state index contributed by atoms with van der Waals surface area (Å²) in [5, 5.41) is 21.4. The number of epoxide rings is 1. The Labute approximate surface area is 274 Å². The molecule has 0 bridgehead atoms. The van der Waals surface area contributed by atoms with Crippen molar-refractivity contribution in [3.05, 3.63) is 101 Å². The zero-order valence-corrected chi connectivity index (χ0v) is 28.8. The van der Waals surface area contributed by atoms with Crippen LogP contribution < -0.4 is 0 Å². The second-order valence-electron chi connectivity index (χ2n) is 14.9. The van der Waals surface area contributed by atoms with Crippen LogP contribution in [0.2, 0.25) is 0 Å². The maximum absolute atomic E-state index is 12.5. The minimum Gasteiger partial charge on any atom is -0.462 e. The van der Waals surface area contributed by atoms with E-state index in [4.69, 9.17) is 14.2 Å². The highest BCUT2D eigenvalue weighted by Crippen LogP contribution is 2.66. The van der Waals surface area contributed by atoms with E-state index in [-0.39, 0.29) is 29.0 Å². The van der Waals surface area contributed by atoms with Gasteiger partial charge < -0.3 is 24.4 Å². The van der Waals surface area contributed by atoms with Crippen LogP contribution in [0, 0.1) is 10.8 Å². The second-order valence-corrected chi connectivity index (χ2v) is 14.9. The lowest BCUT2D eigenvalue weighted by Gasteiger charge is -2.44. The molecule has 2 heterocycles. The van der Waals surface area contributed by atoms with E-state index >= 15 is 0 Å². The zero-order chi connectivity index (χ0) is 34.1. The molecule has 2 N–H and O–H groups in total. The van der Waals surface area contributed by atoms with E-state index in [1.165, 1.54) is 6.92 Å². The summed E-state index contributed by atoms with van der Waals surface area (Å²) in [7, 11) is 0. The van der Waals surface area contributed by atoms with Crippen molar-refractivity contribution in [2.24, 2.45) is 10.8 Å². The van der Waals surface area contributed by atoms with Crippen LogP contribution in [0.1, 0.15) is 88.0 Å². The molecule has 7 heteroatoms.